The SMILES string of the molecule is CC(C)CC(N)C(=O)N1CC(C(=O)Nc2ccccc2)CC1CO. The molecule has 1 aromatic carbocycles. The molecule has 0 spiro atoms. The number of carbonyl (C=O) groups excluding carboxylic acids is 2. The van der Waals surface area contributed by atoms with E-state index in [-0.39, 0.29) is 30.4 Å². The molecular weight excluding hydrogens is 306 g/mol. The maximum absolute atomic E-state index is 12.5. The Bertz CT molecular complexity index is 562. The number of nitrogens with zero attached hydrogens (tertiary/aromatic N) is 1. The van der Waals surface area contributed by atoms with Crippen LogP contribution in [0.4, 0.5) is 5.69 Å². The third kappa shape index (κ3) is 4.55. The van der Waals surface area contributed by atoms with Crippen LogP contribution >= 0.6 is 0 Å². The van der Waals surface area contributed by atoms with E-state index in [9.17, 15) is 14.7 Å². The number of nitrogens with two attached hydrogens (primary N) is 1. The Morgan fingerprint density at radius 1 is 1.33 bits per heavy atom. The Balaban J connectivity index is 2.00. The molecule has 1 fully saturated rings. The van der Waals surface area contributed by atoms with Crippen LogP contribution in [0.1, 0.15) is 26.7 Å². The lowest BCUT2D eigenvalue weighted by molar-refractivity contribution is -0.134. The van der Waals surface area contributed by atoms with E-state index >= 15 is 0 Å². The van der Waals surface area contributed by atoms with Crippen molar-refractivity contribution in [2.45, 2.75) is 38.8 Å². The molecule has 1 heterocycles. The van der Waals surface area contributed by atoms with Crippen molar-refractivity contribution in [3.63, 3.8) is 0 Å². The van der Waals surface area contributed by atoms with Gasteiger partial charge in [-0.25, -0.2) is 0 Å². The molecule has 1 aromatic rings. The molecule has 1 aliphatic rings. The topological polar surface area (TPSA) is 95.7 Å². The summed E-state index contributed by atoms with van der Waals surface area (Å²) in [5.41, 5.74) is 6.71. The van der Waals surface area contributed by atoms with Crippen LogP contribution in [-0.4, -0.2) is 47.1 Å². The van der Waals surface area contributed by atoms with Gasteiger partial charge >= 0.3 is 0 Å². The molecular formula is C18H27N3O3. The van der Waals surface area contributed by atoms with Gasteiger partial charge in [0, 0.05) is 12.2 Å². The summed E-state index contributed by atoms with van der Waals surface area (Å²) >= 11 is 0. The van der Waals surface area contributed by atoms with Gasteiger partial charge in [0.2, 0.25) is 11.8 Å². The molecule has 6 heteroatoms. The minimum Gasteiger partial charge on any atom is -0.394 e. The number of para-hydroxylation sites is 1. The van der Waals surface area contributed by atoms with Gasteiger partial charge in [-0.15, -0.1) is 0 Å². The van der Waals surface area contributed by atoms with Crippen LogP contribution in [-0.2, 0) is 9.59 Å². The van der Waals surface area contributed by atoms with Crippen molar-refractivity contribution in [2.24, 2.45) is 17.6 Å². The highest BCUT2D eigenvalue weighted by atomic mass is 16.3. The lowest BCUT2D eigenvalue weighted by Gasteiger charge is -2.26. The summed E-state index contributed by atoms with van der Waals surface area (Å²) in [6.07, 6.45) is 1.05. The highest BCUT2D eigenvalue weighted by molar-refractivity contribution is 5.93. The molecule has 0 aromatic heterocycles. The molecule has 132 valence electrons. The van der Waals surface area contributed by atoms with Crippen LogP contribution in [0.3, 0.4) is 0 Å². The second kappa shape index (κ2) is 8.26. The predicted octanol–water partition coefficient (Wildman–Crippen LogP) is 1.21. The van der Waals surface area contributed by atoms with Gasteiger partial charge in [-0.1, -0.05) is 32.0 Å². The van der Waals surface area contributed by atoms with E-state index in [1.54, 1.807) is 4.90 Å². The zero-order valence-electron chi connectivity index (χ0n) is 14.3. The number of aliphatic hydroxyl groups excluding tert-OH is 1. The van der Waals surface area contributed by atoms with E-state index in [1.807, 2.05) is 44.2 Å². The molecule has 2 rings (SSSR count). The fraction of sp³-hybridized carbons (Fsp3) is 0.556. The smallest absolute Gasteiger partial charge is 0.239 e. The van der Waals surface area contributed by atoms with Crippen molar-refractivity contribution in [3.8, 4) is 0 Å². The monoisotopic (exact) mass is 333 g/mol. The van der Waals surface area contributed by atoms with Gasteiger partial charge in [0.1, 0.15) is 0 Å². The molecule has 0 bridgehead atoms. The summed E-state index contributed by atoms with van der Waals surface area (Å²) in [4.78, 5) is 26.5. The lowest BCUT2D eigenvalue weighted by atomic mass is 10.0. The van der Waals surface area contributed by atoms with Crippen LogP contribution in [0.25, 0.3) is 0 Å². The van der Waals surface area contributed by atoms with E-state index in [2.05, 4.69) is 5.32 Å². The number of rotatable bonds is 6. The number of likely N-dealkylation sites (tertiary alicyclic amines) is 1. The Hall–Kier alpha value is -1.92. The van der Waals surface area contributed by atoms with Gasteiger partial charge in [0.05, 0.1) is 24.6 Å². The quantitative estimate of drug-likeness (QED) is 0.729. The molecule has 4 N–H and O–H groups in total. The second-order valence-corrected chi connectivity index (χ2v) is 6.85. The van der Waals surface area contributed by atoms with Crippen molar-refractivity contribution >= 4 is 17.5 Å². The largest absolute Gasteiger partial charge is 0.394 e. The van der Waals surface area contributed by atoms with E-state index in [4.69, 9.17) is 5.73 Å². The first-order valence-electron chi connectivity index (χ1n) is 8.45. The average Bonchev–Trinajstić information content (AvgIpc) is 2.98. The van der Waals surface area contributed by atoms with Crippen LogP contribution < -0.4 is 11.1 Å². The number of amides is 2. The Kier molecular flexibility index (Phi) is 6.34. The predicted molar refractivity (Wildman–Crippen MR) is 93.2 cm³/mol. The van der Waals surface area contributed by atoms with Crippen LogP contribution in [0.5, 0.6) is 0 Å². The lowest BCUT2D eigenvalue weighted by Crippen LogP contribution is -2.47. The van der Waals surface area contributed by atoms with Gasteiger partial charge in [-0.2, -0.15) is 0 Å². The summed E-state index contributed by atoms with van der Waals surface area (Å²) in [6.45, 7) is 4.16. The number of hydrogen-bond acceptors (Lipinski definition) is 4. The minimum atomic E-state index is -0.588. The number of nitrogens with one attached hydrogen (secondary N) is 1. The Morgan fingerprint density at radius 3 is 2.58 bits per heavy atom. The molecule has 3 atom stereocenters. The molecule has 1 saturated heterocycles. The maximum Gasteiger partial charge on any atom is 0.239 e. The standard InChI is InChI=1S/C18H27N3O3/c1-12(2)8-16(19)18(24)21-10-13(9-15(21)11-22)17(23)20-14-6-4-3-5-7-14/h3-7,12-13,15-16,22H,8-11,19H2,1-2H3,(H,20,23). The summed E-state index contributed by atoms with van der Waals surface area (Å²) in [5, 5.41) is 12.4. The van der Waals surface area contributed by atoms with E-state index < -0.39 is 6.04 Å². The summed E-state index contributed by atoms with van der Waals surface area (Å²) < 4.78 is 0. The first-order valence-corrected chi connectivity index (χ1v) is 8.45. The van der Waals surface area contributed by atoms with Gasteiger partial charge in [0.25, 0.3) is 0 Å². The van der Waals surface area contributed by atoms with Crippen molar-refractivity contribution in [3.05, 3.63) is 30.3 Å². The van der Waals surface area contributed by atoms with Crippen molar-refractivity contribution in [1.29, 1.82) is 0 Å². The Labute approximate surface area is 143 Å². The zero-order chi connectivity index (χ0) is 17.7. The molecule has 24 heavy (non-hydrogen) atoms. The molecule has 1 aliphatic heterocycles. The number of anilines is 1. The molecule has 6 nitrogen and oxygen atoms in total. The van der Waals surface area contributed by atoms with Crippen LogP contribution in [0, 0.1) is 11.8 Å². The van der Waals surface area contributed by atoms with Gasteiger partial charge in [-0.05, 0) is 30.9 Å². The minimum absolute atomic E-state index is 0.132. The molecule has 0 aliphatic carbocycles. The summed E-state index contributed by atoms with van der Waals surface area (Å²) in [5.74, 6) is -0.334. The van der Waals surface area contributed by atoms with Gasteiger partial charge in [0.15, 0.2) is 0 Å². The van der Waals surface area contributed by atoms with E-state index in [1.165, 1.54) is 0 Å². The second-order valence-electron chi connectivity index (χ2n) is 6.85. The first kappa shape index (κ1) is 18.4. The van der Waals surface area contributed by atoms with Crippen molar-refractivity contribution < 1.29 is 14.7 Å². The van der Waals surface area contributed by atoms with Crippen LogP contribution in [0.15, 0.2) is 30.3 Å². The first-order chi connectivity index (χ1) is 11.4. The normalized spacial score (nSPS) is 21.8. The Morgan fingerprint density at radius 2 is 2.00 bits per heavy atom. The molecule has 3 unspecified atom stereocenters. The average molecular weight is 333 g/mol. The fourth-order valence-corrected chi connectivity index (χ4v) is 3.14. The fourth-order valence-electron chi connectivity index (χ4n) is 3.14. The number of hydrogen-bond donors (Lipinski definition) is 3. The maximum atomic E-state index is 12.5. The summed E-state index contributed by atoms with van der Waals surface area (Å²) in [6, 6.07) is 8.28. The van der Waals surface area contributed by atoms with E-state index in [0.29, 0.717) is 25.3 Å². The summed E-state index contributed by atoms with van der Waals surface area (Å²) in [7, 11) is 0. The molecule has 0 saturated carbocycles. The van der Waals surface area contributed by atoms with Gasteiger partial charge in [-0.3, -0.25) is 9.59 Å². The third-order valence-electron chi connectivity index (χ3n) is 4.36. The van der Waals surface area contributed by atoms with Crippen molar-refractivity contribution in [2.75, 3.05) is 18.5 Å². The van der Waals surface area contributed by atoms with E-state index in [0.717, 1.165) is 5.69 Å². The van der Waals surface area contributed by atoms with Crippen LogP contribution in [0.2, 0.25) is 0 Å². The molecule has 2 amide bonds. The van der Waals surface area contributed by atoms with Gasteiger partial charge < -0.3 is 21.1 Å². The molecule has 0 radical (unpaired) electrons. The number of benzene rings is 1. The zero-order valence-corrected chi connectivity index (χ0v) is 14.3. The highest BCUT2D eigenvalue weighted by Gasteiger charge is 2.39. The third-order valence-corrected chi connectivity index (χ3v) is 4.36. The van der Waals surface area contributed by atoms with Crippen molar-refractivity contribution in [1.82, 2.24) is 4.90 Å². The number of aliphatic hydroxyl groups is 1. The highest BCUT2D eigenvalue weighted by Crippen LogP contribution is 2.25. The number of carbonyl (C=O) groups is 2.